The van der Waals surface area contributed by atoms with Crippen LogP contribution in [0.2, 0.25) is 0 Å². The summed E-state index contributed by atoms with van der Waals surface area (Å²) in [5, 5.41) is 3.51. The van der Waals surface area contributed by atoms with E-state index in [1.54, 1.807) is 11.3 Å². The summed E-state index contributed by atoms with van der Waals surface area (Å²) in [5.41, 5.74) is 3.11. The molecule has 0 radical (unpaired) electrons. The maximum atomic E-state index is 4.26. The van der Waals surface area contributed by atoms with Crippen LogP contribution in [0.25, 0.3) is 0 Å². The lowest BCUT2D eigenvalue weighted by Crippen LogP contribution is -2.32. The van der Waals surface area contributed by atoms with Gasteiger partial charge in [-0.1, -0.05) is 6.42 Å². The zero-order chi connectivity index (χ0) is 11.9. The molecule has 0 aromatic carbocycles. The van der Waals surface area contributed by atoms with Crippen LogP contribution in [0.1, 0.15) is 36.3 Å². The van der Waals surface area contributed by atoms with Crippen LogP contribution < -0.4 is 5.32 Å². The van der Waals surface area contributed by atoms with Crippen molar-refractivity contribution in [2.45, 2.75) is 39.2 Å². The van der Waals surface area contributed by atoms with Gasteiger partial charge in [0.25, 0.3) is 0 Å². The van der Waals surface area contributed by atoms with Gasteiger partial charge in [0.05, 0.1) is 11.2 Å². The van der Waals surface area contributed by atoms with Gasteiger partial charge in [-0.15, -0.1) is 11.3 Å². The number of thiazole rings is 1. The summed E-state index contributed by atoms with van der Waals surface area (Å²) in [6.45, 7) is 8.07. The largest absolute Gasteiger partial charge is 0.312 e. The SMILES string of the molecule is Cc1ncsc1CNCCCN1CCCCC1. The van der Waals surface area contributed by atoms with Crippen molar-refractivity contribution in [3.8, 4) is 0 Å². The van der Waals surface area contributed by atoms with Gasteiger partial charge < -0.3 is 10.2 Å². The van der Waals surface area contributed by atoms with Gasteiger partial charge in [-0.2, -0.15) is 0 Å². The van der Waals surface area contributed by atoms with E-state index in [1.807, 2.05) is 5.51 Å². The quantitative estimate of drug-likeness (QED) is 0.789. The highest BCUT2D eigenvalue weighted by molar-refractivity contribution is 7.09. The Balaban J connectivity index is 1.53. The molecular weight excluding hydrogens is 230 g/mol. The average Bonchev–Trinajstić information content (AvgIpc) is 2.76. The second kappa shape index (κ2) is 7.09. The van der Waals surface area contributed by atoms with Crippen molar-refractivity contribution in [3.05, 3.63) is 16.1 Å². The number of aryl methyl sites for hydroxylation is 1. The molecule has 0 spiro atoms. The van der Waals surface area contributed by atoms with Crippen LogP contribution in [0.4, 0.5) is 0 Å². The van der Waals surface area contributed by atoms with Crippen molar-refractivity contribution in [1.29, 1.82) is 0 Å². The molecule has 1 aliphatic heterocycles. The third kappa shape index (κ3) is 4.37. The summed E-state index contributed by atoms with van der Waals surface area (Å²) in [6, 6.07) is 0. The van der Waals surface area contributed by atoms with Crippen LogP contribution in [0.5, 0.6) is 0 Å². The Bertz CT molecular complexity index is 318. The Labute approximate surface area is 108 Å². The van der Waals surface area contributed by atoms with Gasteiger partial charge in [-0.25, -0.2) is 4.98 Å². The molecule has 1 aliphatic rings. The summed E-state index contributed by atoms with van der Waals surface area (Å²) in [7, 11) is 0. The average molecular weight is 253 g/mol. The predicted molar refractivity (Wildman–Crippen MR) is 73.5 cm³/mol. The Morgan fingerprint density at radius 1 is 1.35 bits per heavy atom. The summed E-state index contributed by atoms with van der Waals surface area (Å²) < 4.78 is 0. The third-order valence-electron chi connectivity index (χ3n) is 3.41. The third-order valence-corrected chi connectivity index (χ3v) is 4.34. The fourth-order valence-corrected chi connectivity index (χ4v) is 3.06. The van der Waals surface area contributed by atoms with Gasteiger partial charge in [0.15, 0.2) is 0 Å². The fourth-order valence-electron chi connectivity index (χ4n) is 2.31. The molecule has 0 atom stereocenters. The molecular formula is C13H23N3S. The molecule has 0 saturated carbocycles. The number of aromatic nitrogens is 1. The first-order valence-corrected chi connectivity index (χ1v) is 7.56. The minimum atomic E-state index is 0.983. The second-order valence-corrected chi connectivity index (χ2v) is 5.73. The van der Waals surface area contributed by atoms with Crippen molar-refractivity contribution in [2.75, 3.05) is 26.2 Å². The van der Waals surface area contributed by atoms with E-state index in [0.717, 1.165) is 13.1 Å². The molecule has 1 N–H and O–H groups in total. The van der Waals surface area contributed by atoms with E-state index in [9.17, 15) is 0 Å². The Kier molecular flexibility index (Phi) is 5.42. The van der Waals surface area contributed by atoms with E-state index in [1.165, 1.54) is 55.9 Å². The number of piperidine rings is 1. The van der Waals surface area contributed by atoms with Crippen LogP contribution in [-0.2, 0) is 6.54 Å². The normalized spacial score (nSPS) is 17.5. The van der Waals surface area contributed by atoms with E-state index in [4.69, 9.17) is 0 Å². The summed E-state index contributed by atoms with van der Waals surface area (Å²) in [6.07, 6.45) is 5.48. The lowest BCUT2D eigenvalue weighted by molar-refractivity contribution is 0.225. The molecule has 96 valence electrons. The molecule has 0 aliphatic carbocycles. The topological polar surface area (TPSA) is 28.2 Å². The van der Waals surface area contributed by atoms with Crippen molar-refractivity contribution < 1.29 is 0 Å². The van der Waals surface area contributed by atoms with Gasteiger partial charge in [-0.3, -0.25) is 0 Å². The first-order valence-electron chi connectivity index (χ1n) is 6.68. The van der Waals surface area contributed by atoms with E-state index >= 15 is 0 Å². The highest BCUT2D eigenvalue weighted by Gasteiger charge is 2.08. The van der Waals surface area contributed by atoms with Gasteiger partial charge in [0.2, 0.25) is 0 Å². The van der Waals surface area contributed by atoms with Gasteiger partial charge in [0, 0.05) is 11.4 Å². The molecule has 0 unspecified atom stereocenters. The molecule has 0 bridgehead atoms. The Morgan fingerprint density at radius 3 is 2.88 bits per heavy atom. The number of nitrogens with zero attached hydrogens (tertiary/aromatic N) is 2. The van der Waals surface area contributed by atoms with Crippen LogP contribution in [0.15, 0.2) is 5.51 Å². The van der Waals surface area contributed by atoms with Crippen molar-refractivity contribution >= 4 is 11.3 Å². The molecule has 2 heterocycles. The number of nitrogens with one attached hydrogen (secondary N) is 1. The molecule has 1 aromatic heterocycles. The van der Waals surface area contributed by atoms with E-state index in [2.05, 4.69) is 22.1 Å². The van der Waals surface area contributed by atoms with Gasteiger partial charge in [-0.05, 0) is 52.4 Å². The number of hydrogen-bond acceptors (Lipinski definition) is 4. The molecule has 1 fully saturated rings. The first kappa shape index (κ1) is 13.0. The minimum absolute atomic E-state index is 0.983. The fraction of sp³-hybridized carbons (Fsp3) is 0.769. The van der Waals surface area contributed by atoms with Crippen LogP contribution in [0.3, 0.4) is 0 Å². The number of hydrogen-bond donors (Lipinski definition) is 1. The molecule has 2 rings (SSSR count). The zero-order valence-corrected chi connectivity index (χ0v) is 11.6. The van der Waals surface area contributed by atoms with E-state index in [0.29, 0.717) is 0 Å². The highest BCUT2D eigenvalue weighted by atomic mass is 32.1. The van der Waals surface area contributed by atoms with Gasteiger partial charge in [0.1, 0.15) is 0 Å². The summed E-state index contributed by atoms with van der Waals surface area (Å²) in [5.74, 6) is 0. The summed E-state index contributed by atoms with van der Waals surface area (Å²) >= 11 is 1.75. The smallest absolute Gasteiger partial charge is 0.0798 e. The molecule has 1 saturated heterocycles. The lowest BCUT2D eigenvalue weighted by Gasteiger charge is -2.26. The second-order valence-electron chi connectivity index (χ2n) is 4.79. The number of likely N-dealkylation sites (tertiary alicyclic amines) is 1. The van der Waals surface area contributed by atoms with Crippen LogP contribution in [-0.4, -0.2) is 36.1 Å². The zero-order valence-electron chi connectivity index (χ0n) is 10.7. The molecule has 0 amide bonds. The molecule has 1 aromatic rings. The van der Waals surface area contributed by atoms with Crippen molar-refractivity contribution in [1.82, 2.24) is 15.2 Å². The Morgan fingerprint density at radius 2 is 2.18 bits per heavy atom. The van der Waals surface area contributed by atoms with E-state index in [-0.39, 0.29) is 0 Å². The maximum Gasteiger partial charge on any atom is 0.0798 e. The minimum Gasteiger partial charge on any atom is -0.312 e. The maximum absolute atomic E-state index is 4.26. The van der Waals surface area contributed by atoms with E-state index < -0.39 is 0 Å². The molecule has 17 heavy (non-hydrogen) atoms. The standard InChI is InChI=1S/C13H23N3S/c1-12-13(17-11-15-12)10-14-6-5-9-16-7-3-2-4-8-16/h11,14H,2-10H2,1H3. The highest BCUT2D eigenvalue weighted by Crippen LogP contribution is 2.11. The van der Waals surface area contributed by atoms with Crippen LogP contribution in [0, 0.1) is 6.92 Å². The number of rotatable bonds is 6. The molecule has 4 heteroatoms. The van der Waals surface area contributed by atoms with Crippen molar-refractivity contribution in [3.63, 3.8) is 0 Å². The Hall–Kier alpha value is -0.450. The molecule has 3 nitrogen and oxygen atoms in total. The van der Waals surface area contributed by atoms with Gasteiger partial charge >= 0.3 is 0 Å². The monoisotopic (exact) mass is 253 g/mol. The predicted octanol–water partition coefficient (Wildman–Crippen LogP) is 2.42. The summed E-state index contributed by atoms with van der Waals surface area (Å²) in [4.78, 5) is 8.24. The van der Waals surface area contributed by atoms with Crippen LogP contribution >= 0.6 is 11.3 Å². The lowest BCUT2D eigenvalue weighted by atomic mass is 10.1. The first-order chi connectivity index (χ1) is 8.36. The van der Waals surface area contributed by atoms with Crippen molar-refractivity contribution in [2.24, 2.45) is 0 Å².